The highest BCUT2D eigenvalue weighted by molar-refractivity contribution is 5.95. The van der Waals surface area contributed by atoms with Crippen molar-refractivity contribution in [1.82, 2.24) is 29.6 Å². The lowest BCUT2D eigenvalue weighted by Crippen LogP contribution is -2.18. The van der Waals surface area contributed by atoms with Gasteiger partial charge in [0.2, 0.25) is 6.41 Å². The SMILES string of the molecule is CN1CC2CC2(C)C1.COc1cc2ncnc(-c3cn(C)nc3-c3ccccc3)c2nc1NC=O. The molecule has 9 heteroatoms. The summed E-state index contributed by atoms with van der Waals surface area (Å²) in [5.41, 5.74) is 5.13. The molecule has 180 valence electrons. The maximum Gasteiger partial charge on any atom is 0.212 e. The van der Waals surface area contributed by atoms with Gasteiger partial charge in [-0.1, -0.05) is 37.3 Å². The third-order valence-corrected chi connectivity index (χ3v) is 6.82. The average molecular weight is 472 g/mol. The molecule has 35 heavy (non-hydrogen) atoms. The molecule has 1 aliphatic carbocycles. The van der Waals surface area contributed by atoms with Crippen LogP contribution in [0.25, 0.3) is 33.5 Å². The number of piperidine rings is 1. The number of likely N-dealkylation sites (tertiary alicyclic amines) is 1. The van der Waals surface area contributed by atoms with E-state index in [-0.39, 0.29) is 0 Å². The van der Waals surface area contributed by atoms with Crippen molar-refractivity contribution in [2.75, 3.05) is 32.6 Å². The molecule has 2 aliphatic rings. The fourth-order valence-electron chi connectivity index (χ4n) is 4.99. The summed E-state index contributed by atoms with van der Waals surface area (Å²) >= 11 is 0. The number of aromatic nitrogens is 5. The highest BCUT2D eigenvalue weighted by Crippen LogP contribution is 2.56. The Hall–Kier alpha value is -3.85. The molecule has 0 bridgehead atoms. The Kier molecular flexibility index (Phi) is 5.94. The third kappa shape index (κ3) is 4.46. The van der Waals surface area contributed by atoms with Gasteiger partial charge in [0, 0.05) is 43.5 Å². The van der Waals surface area contributed by atoms with Crippen molar-refractivity contribution >= 4 is 23.3 Å². The van der Waals surface area contributed by atoms with E-state index in [2.05, 4.69) is 44.2 Å². The van der Waals surface area contributed by atoms with E-state index in [0.717, 1.165) is 28.2 Å². The molecule has 2 unspecified atom stereocenters. The van der Waals surface area contributed by atoms with Crippen LogP contribution in [0.3, 0.4) is 0 Å². The van der Waals surface area contributed by atoms with Crippen molar-refractivity contribution in [3.8, 4) is 28.3 Å². The Balaban J connectivity index is 0.000000265. The zero-order chi connectivity index (χ0) is 24.6. The molecule has 0 spiro atoms. The van der Waals surface area contributed by atoms with E-state index < -0.39 is 0 Å². The summed E-state index contributed by atoms with van der Waals surface area (Å²) < 4.78 is 7.02. The second kappa shape index (κ2) is 9.07. The van der Waals surface area contributed by atoms with Crippen molar-refractivity contribution in [3.05, 3.63) is 48.9 Å². The molecule has 2 atom stereocenters. The van der Waals surface area contributed by atoms with Gasteiger partial charge in [-0.2, -0.15) is 5.10 Å². The number of carbonyl (C=O) groups excluding carboxylic acids is 1. The first-order valence-electron chi connectivity index (χ1n) is 11.6. The second-order valence-electron chi connectivity index (χ2n) is 9.57. The summed E-state index contributed by atoms with van der Waals surface area (Å²) in [7, 11) is 5.59. The molecule has 3 aromatic heterocycles. The monoisotopic (exact) mass is 471 g/mol. The van der Waals surface area contributed by atoms with Gasteiger partial charge < -0.3 is 15.0 Å². The number of fused-ring (bicyclic) bond motifs is 2. The van der Waals surface area contributed by atoms with Crippen molar-refractivity contribution in [2.45, 2.75) is 13.3 Å². The van der Waals surface area contributed by atoms with Gasteiger partial charge in [0.25, 0.3) is 0 Å². The van der Waals surface area contributed by atoms with Crippen LogP contribution < -0.4 is 10.1 Å². The number of anilines is 1. The Labute approximate surface area is 204 Å². The molecule has 0 radical (unpaired) electrons. The average Bonchev–Trinajstić information content (AvgIpc) is 3.16. The smallest absolute Gasteiger partial charge is 0.212 e. The molecule has 9 nitrogen and oxygen atoms in total. The van der Waals surface area contributed by atoms with E-state index in [0.29, 0.717) is 34.7 Å². The molecule has 6 rings (SSSR count). The predicted molar refractivity (Wildman–Crippen MR) is 135 cm³/mol. The number of hydrogen-bond acceptors (Lipinski definition) is 7. The Bertz CT molecular complexity index is 1370. The van der Waals surface area contributed by atoms with Crippen LogP contribution in [0.2, 0.25) is 0 Å². The minimum Gasteiger partial charge on any atom is -0.493 e. The van der Waals surface area contributed by atoms with Crippen LogP contribution in [-0.2, 0) is 11.8 Å². The number of ether oxygens (including phenoxy) is 1. The van der Waals surface area contributed by atoms with Crippen LogP contribution in [0.4, 0.5) is 5.82 Å². The number of hydrogen-bond donors (Lipinski definition) is 1. The summed E-state index contributed by atoms with van der Waals surface area (Å²) in [6.45, 7) is 5.11. The molecule has 2 fully saturated rings. The second-order valence-corrected chi connectivity index (χ2v) is 9.57. The summed E-state index contributed by atoms with van der Waals surface area (Å²) in [5, 5.41) is 7.14. The number of amides is 1. The van der Waals surface area contributed by atoms with E-state index in [9.17, 15) is 4.79 Å². The molecular formula is C26H29N7O2. The van der Waals surface area contributed by atoms with Crippen molar-refractivity contribution < 1.29 is 9.53 Å². The van der Waals surface area contributed by atoms with Gasteiger partial charge in [-0.15, -0.1) is 0 Å². The van der Waals surface area contributed by atoms with E-state index in [1.807, 2.05) is 43.6 Å². The zero-order valence-electron chi connectivity index (χ0n) is 20.4. The van der Waals surface area contributed by atoms with Crippen LogP contribution >= 0.6 is 0 Å². The lowest BCUT2D eigenvalue weighted by molar-refractivity contribution is -0.105. The van der Waals surface area contributed by atoms with Gasteiger partial charge in [-0.05, 0) is 24.8 Å². The summed E-state index contributed by atoms with van der Waals surface area (Å²) in [5.74, 6) is 1.79. The van der Waals surface area contributed by atoms with Crippen LogP contribution in [-0.4, -0.2) is 63.3 Å². The Morgan fingerprint density at radius 1 is 1.17 bits per heavy atom. The highest BCUT2D eigenvalue weighted by atomic mass is 16.5. The first-order chi connectivity index (χ1) is 16.9. The Morgan fingerprint density at radius 2 is 1.97 bits per heavy atom. The van der Waals surface area contributed by atoms with Crippen LogP contribution in [0, 0.1) is 11.3 Å². The maximum atomic E-state index is 10.9. The number of nitrogens with zero attached hydrogens (tertiary/aromatic N) is 6. The quantitative estimate of drug-likeness (QED) is 0.444. The summed E-state index contributed by atoms with van der Waals surface area (Å²) in [6, 6.07) is 11.6. The molecule has 4 aromatic rings. The fraction of sp³-hybridized carbons (Fsp3) is 0.346. The van der Waals surface area contributed by atoms with Gasteiger partial charge >= 0.3 is 0 Å². The van der Waals surface area contributed by atoms with E-state index in [1.165, 1.54) is 32.9 Å². The summed E-state index contributed by atoms with van der Waals surface area (Å²) in [4.78, 5) is 26.6. The van der Waals surface area contributed by atoms with Gasteiger partial charge in [-0.3, -0.25) is 9.48 Å². The van der Waals surface area contributed by atoms with E-state index >= 15 is 0 Å². The van der Waals surface area contributed by atoms with Crippen LogP contribution in [0.1, 0.15) is 13.3 Å². The number of benzene rings is 1. The van der Waals surface area contributed by atoms with E-state index in [1.54, 1.807) is 10.7 Å². The van der Waals surface area contributed by atoms with Crippen molar-refractivity contribution in [2.24, 2.45) is 18.4 Å². The largest absolute Gasteiger partial charge is 0.493 e. The molecule has 1 saturated carbocycles. The molecule has 1 aromatic carbocycles. The highest BCUT2D eigenvalue weighted by Gasteiger charge is 2.54. The Morgan fingerprint density at radius 3 is 2.60 bits per heavy atom. The van der Waals surface area contributed by atoms with Crippen molar-refractivity contribution in [3.63, 3.8) is 0 Å². The summed E-state index contributed by atoms with van der Waals surface area (Å²) in [6.07, 6.45) is 5.42. The number of rotatable bonds is 5. The molecule has 1 saturated heterocycles. The topological polar surface area (TPSA) is 98.1 Å². The third-order valence-electron chi connectivity index (χ3n) is 6.82. The first-order valence-corrected chi connectivity index (χ1v) is 11.6. The number of methoxy groups -OCH3 is 1. The van der Waals surface area contributed by atoms with Gasteiger partial charge in [0.05, 0.1) is 12.6 Å². The number of pyridine rings is 1. The lowest BCUT2D eigenvalue weighted by Gasteiger charge is -2.10. The maximum absolute atomic E-state index is 10.9. The molecule has 1 amide bonds. The molecular weight excluding hydrogens is 442 g/mol. The number of nitrogens with one attached hydrogen (secondary N) is 1. The predicted octanol–water partition coefficient (Wildman–Crippen LogP) is 3.63. The van der Waals surface area contributed by atoms with Crippen LogP contribution in [0.5, 0.6) is 5.75 Å². The number of aryl methyl sites for hydroxylation is 1. The zero-order valence-corrected chi connectivity index (χ0v) is 20.4. The minimum absolute atomic E-state index is 0.307. The van der Waals surface area contributed by atoms with Crippen LogP contribution in [0.15, 0.2) is 48.9 Å². The lowest BCUT2D eigenvalue weighted by atomic mass is 10.0. The van der Waals surface area contributed by atoms with Gasteiger partial charge in [0.15, 0.2) is 11.6 Å². The number of carbonyl (C=O) groups is 1. The minimum atomic E-state index is 0.307. The van der Waals surface area contributed by atoms with Gasteiger partial charge in [0.1, 0.15) is 23.2 Å². The normalized spacial score (nSPS) is 20.6. The first kappa shape index (κ1) is 22.9. The molecule has 4 heterocycles. The van der Waals surface area contributed by atoms with Crippen molar-refractivity contribution in [1.29, 1.82) is 0 Å². The fourth-order valence-corrected chi connectivity index (χ4v) is 4.99. The standard InChI is InChI=1S/C19H16N6O2.C7H13N/c1-25-9-13(16(24-25)12-6-4-3-5-7-12)17-18-14(20-10-21-17)8-15(27-2)19(23-18)22-11-26;1-7-3-6(7)4-8(2)5-7/h3-11H,1-2H3,(H,22,23,26);6H,3-5H2,1-2H3. The van der Waals surface area contributed by atoms with Gasteiger partial charge in [-0.25, -0.2) is 15.0 Å². The molecule has 1 aliphatic heterocycles. The molecule has 1 N–H and O–H groups in total. The van der Waals surface area contributed by atoms with E-state index in [4.69, 9.17) is 4.74 Å².